The van der Waals surface area contributed by atoms with Gasteiger partial charge < -0.3 is 11.2 Å². The number of anilines is 1. The van der Waals surface area contributed by atoms with Gasteiger partial charge in [-0.05, 0) is 6.42 Å². The molecule has 27 heavy (non-hydrogen) atoms. The van der Waals surface area contributed by atoms with Crippen molar-refractivity contribution in [2.75, 3.05) is 11.2 Å². The minimum Gasteiger partial charge on any atom is -0.321 e. The standard InChI is InChI=1S/C21H39ClN4O/c1-5-6-7-8-9-10-11-12-13-14-15-16-17(27)24-20-18(22)19(21(2,3)4)25-26(20)23/h5-16,23H2,1-4H3,(H,24,27). The summed E-state index contributed by atoms with van der Waals surface area (Å²) in [5, 5.41) is 7.48. The molecule has 6 heteroatoms. The molecule has 0 saturated heterocycles. The molecule has 5 nitrogen and oxygen atoms in total. The van der Waals surface area contributed by atoms with Gasteiger partial charge in [0.25, 0.3) is 0 Å². The van der Waals surface area contributed by atoms with Crippen molar-refractivity contribution in [3.05, 3.63) is 10.7 Å². The van der Waals surface area contributed by atoms with Crippen LogP contribution in [-0.4, -0.2) is 15.8 Å². The second kappa shape index (κ2) is 12.3. The lowest BCUT2D eigenvalue weighted by Crippen LogP contribution is -2.20. The molecule has 0 spiro atoms. The summed E-state index contributed by atoms with van der Waals surface area (Å²) < 4.78 is 0. The Balaban J connectivity index is 2.17. The van der Waals surface area contributed by atoms with Crippen LogP contribution in [0.4, 0.5) is 5.82 Å². The number of aromatic nitrogens is 2. The summed E-state index contributed by atoms with van der Waals surface area (Å²) in [6.45, 7) is 8.29. The normalized spacial score (nSPS) is 11.7. The van der Waals surface area contributed by atoms with Gasteiger partial charge in [-0.3, -0.25) is 4.79 Å². The second-order valence-electron chi connectivity index (χ2n) is 8.54. The predicted molar refractivity (Wildman–Crippen MR) is 116 cm³/mol. The average molecular weight is 399 g/mol. The summed E-state index contributed by atoms with van der Waals surface area (Å²) in [5.74, 6) is 6.18. The third kappa shape index (κ3) is 9.00. The first kappa shape index (κ1) is 23.8. The van der Waals surface area contributed by atoms with Crippen LogP contribution in [0, 0.1) is 0 Å². The van der Waals surface area contributed by atoms with Gasteiger partial charge in [-0.15, -0.1) is 0 Å². The summed E-state index contributed by atoms with van der Waals surface area (Å²) in [6.07, 6.45) is 14.4. The van der Waals surface area contributed by atoms with Crippen LogP contribution < -0.4 is 11.2 Å². The number of nitrogens with two attached hydrogens (primary N) is 1. The van der Waals surface area contributed by atoms with Gasteiger partial charge in [-0.2, -0.15) is 9.89 Å². The number of unbranched alkanes of at least 4 members (excludes halogenated alkanes) is 10. The smallest absolute Gasteiger partial charge is 0.225 e. The minimum atomic E-state index is -0.225. The van der Waals surface area contributed by atoms with Crippen molar-refractivity contribution in [1.29, 1.82) is 0 Å². The Morgan fingerprint density at radius 3 is 1.93 bits per heavy atom. The fourth-order valence-electron chi connectivity index (χ4n) is 3.15. The molecule has 0 aliphatic rings. The Morgan fingerprint density at radius 1 is 1.00 bits per heavy atom. The molecule has 1 rings (SSSR count). The van der Waals surface area contributed by atoms with Crippen molar-refractivity contribution in [3.8, 4) is 0 Å². The third-order valence-electron chi connectivity index (χ3n) is 4.83. The molecular formula is C21H39ClN4O. The van der Waals surface area contributed by atoms with Gasteiger partial charge >= 0.3 is 0 Å². The fraction of sp³-hybridized carbons (Fsp3) is 0.810. The highest BCUT2D eigenvalue weighted by Crippen LogP contribution is 2.33. The van der Waals surface area contributed by atoms with E-state index >= 15 is 0 Å². The maximum Gasteiger partial charge on any atom is 0.225 e. The highest BCUT2D eigenvalue weighted by atomic mass is 35.5. The Labute approximate surface area is 170 Å². The highest BCUT2D eigenvalue weighted by molar-refractivity contribution is 6.34. The first-order chi connectivity index (χ1) is 12.8. The lowest BCUT2D eigenvalue weighted by atomic mass is 9.92. The largest absolute Gasteiger partial charge is 0.321 e. The van der Waals surface area contributed by atoms with Crippen LogP contribution in [0.1, 0.15) is 110 Å². The number of halogens is 1. The molecule has 3 N–H and O–H groups in total. The molecule has 0 unspecified atom stereocenters. The van der Waals surface area contributed by atoms with Crippen LogP contribution in [0.25, 0.3) is 0 Å². The minimum absolute atomic E-state index is 0.0557. The van der Waals surface area contributed by atoms with Gasteiger partial charge in [-0.1, -0.05) is 104 Å². The lowest BCUT2D eigenvalue weighted by Gasteiger charge is -2.15. The third-order valence-corrected chi connectivity index (χ3v) is 5.19. The first-order valence-electron chi connectivity index (χ1n) is 10.6. The fourth-order valence-corrected chi connectivity index (χ4v) is 3.61. The molecule has 156 valence electrons. The quantitative estimate of drug-likeness (QED) is 0.307. The average Bonchev–Trinajstić information content (AvgIpc) is 2.88. The summed E-state index contributed by atoms with van der Waals surface area (Å²) in [4.78, 5) is 13.3. The van der Waals surface area contributed by atoms with Crippen molar-refractivity contribution in [2.45, 2.75) is 110 Å². The summed E-state index contributed by atoms with van der Waals surface area (Å²) >= 11 is 6.35. The van der Waals surface area contributed by atoms with Crippen LogP contribution in [0.2, 0.25) is 5.02 Å². The van der Waals surface area contributed by atoms with Gasteiger partial charge in [0.2, 0.25) is 5.91 Å². The number of carbonyl (C=O) groups is 1. The molecule has 0 saturated carbocycles. The maximum atomic E-state index is 12.2. The molecule has 0 aromatic carbocycles. The van der Waals surface area contributed by atoms with E-state index in [9.17, 15) is 4.79 Å². The van der Waals surface area contributed by atoms with Gasteiger partial charge in [0, 0.05) is 11.8 Å². The molecule has 1 amide bonds. The zero-order valence-corrected chi connectivity index (χ0v) is 18.5. The van der Waals surface area contributed by atoms with Crippen molar-refractivity contribution < 1.29 is 4.79 Å². The molecule has 0 bridgehead atoms. The Hall–Kier alpha value is -1.23. The van der Waals surface area contributed by atoms with Crippen molar-refractivity contribution >= 4 is 23.3 Å². The van der Waals surface area contributed by atoms with Gasteiger partial charge in [0.05, 0.1) is 5.69 Å². The zero-order chi connectivity index (χ0) is 20.3. The molecular weight excluding hydrogens is 360 g/mol. The van der Waals surface area contributed by atoms with E-state index in [0.29, 0.717) is 23.0 Å². The van der Waals surface area contributed by atoms with E-state index in [4.69, 9.17) is 17.4 Å². The molecule has 0 atom stereocenters. The predicted octanol–water partition coefficient (Wildman–Crippen LogP) is 6.19. The monoisotopic (exact) mass is 398 g/mol. The zero-order valence-electron chi connectivity index (χ0n) is 17.7. The van der Waals surface area contributed by atoms with E-state index in [1.807, 2.05) is 20.8 Å². The highest BCUT2D eigenvalue weighted by Gasteiger charge is 2.26. The SMILES string of the molecule is CCCCCCCCCCCCCC(=O)Nc1c(Cl)c(C(C)(C)C)nn1N. The van der Waals surface area contributed by atoms with E-state index in [0.717, 1.165) is 12.8 Å². The van der Waals surface area contributed by atoms with Crippen LogP contribution >= 0.6 is 11.6 Å². The Bertz CT molecular complexity index is 563. The molecule has 0 aliphatic heterocycles. The molecule has 1 aromatic heterocycles. The first-order valence-corrected chi connectivity index (χ1v) is 11.0. The second-order valence-corrected chi connectivity index (χ2v) is 8.92. The number of nitrogens with zero attached hydrogens (tertiary/aromatic N) is 2. The van der Waals surface area contributed by atoms with Crippen LogP contribution in [0.3, 0.4) is 0 Å². The number of hydrogen-bond donors (Lipinski definition) is 2. The van der Waals surface area contributed by atoms with Crippen molar-refractivity contribution in [3.63, 3.8) is 0 Å². The van der Waals surface area contributed by atoms with Gasteiger partial charge in [0.15, 0.2) is 5.82 Å². The lowest BCUT2D eigenvalue weighted by molar-refractivity contribution is -0.116. The molecule has 1 aromatic rings. The maximum absolute atomic E-state index is 12.2. The van der Waals surface area contributed by atoms with Gasteiger partial charge in [-0.25, -0.2) is 0 Å². The van der Waals surface area contributed by atoms with E-state index in [-0.39, 0.29) is 11.3 Å². The molecule has 0 radical (unpaired) electrons. The van der Waals surface area contributed by atoms with Crippen LogP contribution in [0.5, 0.6) is 0 Å². The Kier molecular flexibility index (Phi) is 10.8. The summed E-state index contributed by atoms with van der Waals surface area (Å²) in [5.41, 5.74) is 0.466. The van der Waals surface area contributed by atoms with Crippen LogP contribution in [-0.2, 0) is 10.2 Å². The van der Waals surface area contributed by atoms with Gasteiger partial charge in [0.1, 0.15) is 5.02 Å². The molecule has 1 heterocycles. The van der Waals surface area contributed by atoms with E-state index in [2.05, 4.69) is 17.3 Å². The number of carbonyl (C=O) groups excluding carboxylic acids is 1. The van der Waals surface area contributed by atoms with Crippen LogP contribution in [0.15, 0.2) is 0 Å². The van der Waals surface area contributed by atoms with Crippen molar-refractivity contribution in [2.24, 2.45) is 0 Å². The van der Waals surface area contributed by atoms with Crippen molar-refractivity contribution in [1.82, 2.24) is 9.89 Å². The number of rotatable bonds is 13. The number of nitrogen functional groups attached to an aromatic ring is 1. The summed E-state index contributed by atoms with van der Waals surface area (Å²) in [6, 6.07) is 0. The van der Waals surface area contributed by atoms with E-state index in [1.54, 1.807) is 0 Å². The number of hydrogen-bond acceptors (Lipinski definition) is 3. The van der Waals surface area contributed by atoms with E-state index in [1.165, 1.54) is 62.6 Å². The topological polar surface area (TPSA) is 72.9 Å². The van der Waals surface area contributed by atoms with E-state index < -0.39 is 0 Å². The summed E-state index contributed by atoms with van der Waals surface area (Å²) in [7, 11) is 0. The molecule has 0 fully saturated rings. The Morgan fingerprint density at radius 2 is 1.48 bits per heavy atom. The number of nitrogens with one attached hydrogen (secondary N) is 1. The number of amides is 1. The molecule has 0 aliphatic carbocycles.